The van der Waals surface area contributed by atoms with Crippen molar-refractivity contribution in [1.82, 2.24) is 9.38 Å². The summed E-state index contributed by atoms with van der Waals surface area (Å²) >= 11 is 0. The van der Waals surface area contributed by atoms with Crippen LogP contribution in [0.1, 0.15) is 5.69 Å². The van der Waals surface area contributed by atoms with Crippen LogP contribution in [0.25, 0.3) is 5.65 Å². The van der Waals surface area contributed by atoms with E-state index in [-0.39, 0.29) is 5.82 Å². The highest BCUT2D eigenvalue weighted by atomic mass is 19.1. The number of hydrogen-bond donors (Lipinski definition) is 0. The molecule has 2 heterocycles. The second-order valence-electron chi connectivity index (χ2n) is 4.49. The van der Waals surface area contributed by atoms with Gasteiger partial charge in [-0.2, -0.15) is 0 Å². The number of benzene rings is 1. The van der Waals surface area contributed by atoms with Gasteiger partial charge in [-0.3, -0.25) is 4.40 Å². The average molecular weight is 284 g/mol. The zero-order chi connectivity index (χ0) is 14.8. The Hall–Kier alpha value is -2.76. The molecule has 0 aliphatic rings. The van der Waals surface area contributed by atoms with Crippen molar-refractivity contribution in [3.05, 3.63) is 54.1 Å². The number of fused-ring (bicyclic) bond motifs is 1. The van der Waals surface area contributed by atoms with E-state index in [0.29, 0.717) is 22.8 Å². The summed E-state index contributed by atoms with van der Waals surface area (Å²) in [4.78, 5) is 4.32. The van der Waals surface area contributed by atoms with E-state index in [1.807, 2.05) is 6.92 Å². The number of ether oxygens (including phenoxy) is 1. The minimum Gasteiger partial charge on any atom is -0.497 e. The molecule has 0 unspecified atom stereocenters. The van der Waals surface area contributed by atoms with Crippen molar-refractivity contribution in [2.75, 3.05) is 7.11 Å². The molecule has 0 N–H and O–H groups in total. The molecule has 0 amide bonds. The fraction of sp³-hybridized carbons (Fsp3) is 0.133. The molecule has 0 radical (unpaired) electrons. The van der Waals surface area contributed by atoms with E-state index in [4.69, 9.17) is 4.74 Å². The van der Waals surface area contributed by atoms with Gasteiger partial charge in [0.1, 0.15) is 17.2 Å². The molecule has 21 heavy (non-hydrogen) atoms. The number of aromatic nitrogens is 2. The number of rotatable bonds is 3. The van der Waals surface area contributed by atoms with Gasteiger partial charge in [0.2, 0.25) is 0 Å². The SMILES string of the molecule is COc1ccc(N=Nc2c(C)nc3ccc(F)cn23)cc1. The van der Waals surface area contributed by atoms with Crippen LogP contribution in [0, 0.1) is 12.7 Å². The van der Waals surface area contributed by atoms with E-state index in [1.54, 1.807) is 41.8 Å². The molecule has 5 nitrogen and oxygen atoms in total. The predicted molar refractivity (Wildman–Crippen MR) is 77.1 cm³/mol. The number of aryl methyl sites for hydroxylation is 1. The molecule has 0 saturated carbocycles. The van der Waals surface area contributed by atoms with Crippen molar-refractivity contribution >= 4 is 17.2 Å². The van der Waals surface area contributed by atoms with Crippen LogP contribution in [0.2, 0.25) is 0 Å². The van der Waals surface area contributed by atoms with E-state index in [1.165, 1.54) is 12.3 Å². The number of imidazole rings is 1. The third-order valence-corrected chi connectivity index (χ3v) is 3.06. The maximum Gasteiger partial charge on any atom is 0.182 e. The first-order valence-electron chi connectivity index (χ1n) is 6.37. The monoisotopic (exact) mass is 284 g/mol. The van der Waals surface area contributed by atoms with Crippen molar-refractivity contribution in [3.63, 3.8) is 0 Å². The van der Waals surface area contributed by atoms with Gasteiger partial charge in [0, 0.05) is 6.20 Å². The van der Waals surface area contributed by atoms with Crippen molar-refractivity contribution in [3.8, 4) is 5.75 Å². The molecule has 6 heteroatoms. The minimum atomic E-state index is -0.346. The first-order chi connectivity index (χ1) is 10.2. The summed E-state index contributed by atoms with van der Waals surface area (Å²) < 4.78 is 20.0. The van der Waals surface area contributed by atoms with Crippen LogP contribution >= 0.6 is 0 Å². The smallest absolute Gasteiger partial charge is 0.182 e. The van der Waals surface area contributed by atoms with E-state index < -0.39 is 0 Å². The number of halogens is 1. The topological polar surface area (TPSA) is 51.2 Å². The van der Waals surface area contributed by atoms with Crippen molar-refractivity contribution in [1.29, 1.82) is 0 Å². The van der Waals surface area contributed by atoms with Crippen LogP contribution in [0.5, 0.6) is 5.75 Å². The summed E-state index contributed by atoms with van der Waals surface area (Å²) in [6, 6.07) is 10.2. The number of pyridine rings is 1. The molecule has 0 spiro atoms. The Morgan fingerprint density at radius 3 is 2.57 bits per heavy atom. The Kier molecular flexibility index (Phi) is 3.35. The summed E-state index contributed by atoms with van der Waals surface area (Å²) in [7, 11) is 1.60. The van der Waals surface area contributed by atoms with Gasteiger partial charge in [-0.05, 0) is 43.3 Å². The van der Waals surface area contributed by atoms with Crippen molar-refractivity contribution in [2.24, 2.45) is 10.2 Å². The lowest BCUT2D eigenvalue weighted by molar-refractivity contribution is 0.415. The fourth-order valence-corrected chi connectivity index (χ4v) is 2.00. The molecule has 3 aromatic rings. The maximum absolute atomic E-state index is 13.3. The molecule has 0 fully saturated rings. The minimum absolute atomic E-state index is 0.346. The van der Waals surface area contributed by atoms with Gasteiger partial charge < -0.3 is 4.74 Å². The lowest BCUT2D eigenvalue weighted by atomic mass is 10.3. The van der Waals surface area contributed by atoms with E-state index in [9.17, 15) is 4.39 Å². The molecule has 3 rings (SSSR count). The fourth-order valence-electron chi connectivity index (χ4n) is 2.00. The predicted octanol–water partition coefficient (Wildman–Crippen LogP) is 4.21. The number of methoxy groups -OCH3 is 1. The van der Waals surface area contributed by atoms with Gasteiger partial charge in [-0.15, -0.1) is 10.2 Å². The highest BCUT2D eigenvalue weighted by molar-refractivity contribution is 5.52. The Bertz CT molecular complexity index is 808. The van der Waals surface area contributed by atoms with Crippen molar-refractivity contribution < 1.29 is 9.13 Å². The zero-order valence-corrected chi connectivity index (χ0v) is 11.6. The van der Waals surface area contributed by atoms with Crippen LogP contribution in [-0.4, -0.2) is 16.5 Å². The number of hydrogen-bond acceptors (Lipinski definition) is 4. The molecule has 0 saturated heterocycles. The number of nitrogens with zero attached hydrogens (tertiary/aromatic N) is 4. The molecule has 106 valence electrons. The average Bonchev–Trinajstić information content (AvgIpc) is 2.80. The highest BCUT2D eigenvalue weighted by Gasteiger charge is 2.08. The molecular weight excluding hydrogens is 271 g/mol. The largest absolute Gasteiger partial charge is 0.497 e. The van der Waals surface area contributed by atoms with Gasteiger partial charge in [0.15, 0.2) is 5.82 Å². The van der Waals surface area contributed by atoms with E-state index in [2.05, 4.69) is 15.2 Å². The third-order valence-electron chi connectivity index (χ3n) is 3.06. The highest BCUT2D eigenvalue weighted by Crippen LogP contribution is 2.24. The first-order valence-corrected chi connectivity index (χ1v) is 6.37. The Balaban J connectivity index is 1.98. The summed E-state index contributed by atoms with van der Waals surface area (Å²) in [6.45, 7) is 1.81. The molecule has 0 atom stereocenters. The van der Waals surface area contributed by atoms with Gasteiger partial charge >= 0.3 is 0 Å². The second-order valence-corrected chi connectivity index (χ2v) is 4.49. The first kappa shape index (κ1) is 13.2. The molecule has 0 aliphatic carbocycles. The second kappa shape index (κ2) is 5.32. The molecular formula is C15H13FN4O. The zero-order valence-electron chi connectivity index (χ0n) is 11.6. The van der Waals surface area contributed by atoms with Gasteiger partial charge in [0.25, 0.3) is 0 Å². The Labute approximate surface area is 120 Å². The van der Waals surface area contributed by atoms with Gasteiger partial charge in [-0.25, -0.2) is 9.37 Å². The molecule has 1 aromatic carbocycles. The summed E-state index contributed by atoms with van der Waals surface area (Å²) in [5.41, 5.74) is 2.01. The van der Waals surface area contributed by atoms with Gasteiger partial charge in [-0.1, -0.05) is 0 Å². The van der Waals surface area contributed by atoms with E-state index >= 15 is 0 Å². The molecule has 0 aliphatic heterocycles. The number of azo groups is 1. The quantitative estimate of drug-likeness (QED) is 0.676. The van der Waals surface area contributed by atoms with Crippen LogP contribution < -0.4 is 4.74 Å². The van der Waals surface area contributed by atoms with Crippen LogP contribution in [0.15, 0.2) is 52.8 Å². The lowest BCUT2D eigenvalue weighted by Crippen LogP contribution is -1.85. The van der Waals surface area contributed by atoms with Crippen LogP contribution in [-0.2, 0) is 0 Å². The lowest BCUT2D eigenvalue weighted by Gasteiger charge is -1.99. The van der Waals surface area contributed by atoms with Crippen molar-refractivity contribution in [2.45, 2.75) is 6.92 Å². The summed E-state index contributed by atoms with van der Waals surface area (Å²) in [5.74, 6) is 0.920. The van der Waals surface area contributed by atoms with E-state index in [0.717, 1.165) is 5.75 Å². The van der Waals surface area contributed by atoms with Crippen LogP contribution in [0.3, 0.4) is 0 Å². The normalized spacial score (nSPS) is 11.4. The Morgan fingerprint density at radius 1 is 1.10 bits per heavy atom. The Morgan fingerprint density at radius 2 is 1.86 bits per heavy atom. The molecule has 2 aromatic heterocycles. The molecule has 0 bridgehead atoms. The maximum atomic E-state index is 13.3. The summed E-state index contributed by atoms with van der Waals surface area (Å²) in [6.07, 6.45) is 1.34. The summed E-state index contributed by atoms with van der Waals surface area (Å²) in [5, 5.41) is 8.33. The third kappa shape index (κ3) is 2.60. The van der Waals surface area contributed by atoms with Gasteiger partial charge in [0.05, 0.1) is 18.5 Å². The van der Waals surface area contributed by atoms with Crippen LogP contribution in [0.4, 0.5) is 15.9 Å². The standard InChI is InChI=1S/C15H13FN4O/c1-10-15(20-9-11(16)3-8-14(20)17-10)19-18-12-4-6-13(21-2)7-5-12/h3-9H,1-2H3.